The summed E-state index contributed by atoms with van der Waals surface area (Å²) in [4.78, 5) is 0. The van der Waals surface area contributed by atoms with E-state index in [4.69, 9.17) is 0 Å². The van der Waals surface area contributed by atoms with Gasteiger partial charge >= 0.3 is 0 Å². The summed E-state index contributed by atoms with van der Waals surface area (Å²) in [5, 5.41) is 3.17. The molecule has 1 aromatic rings. The van der Waals surface area contributed by atoms with E-state index in [2.05, 4.69) is 65.7 Å². The van der Waals surface area contributed by atoms with E-state index in [0.717, 1.165) is 23.0 Å². The Morgan fingerprint density at radius 3 is 2.65 bits per heavy atom. The summed E-state index contributed by atoms with van der Waals surface area (Å²) in [6.45, 7) is 0. The minimum atomic E-state index is 0.641. The topological polar surface area (TPSA) is 0 Å². The number of benzene rings is 1. The van der Waals surface area contributed by atoms with Crippen molar-refractivity contribution < 1.29 is 0 Å². The van der Waals surface area contributed by atoms with E-state index in [0.29, 0.717) is 5.92 Å². The first kappa shape index (κ1) is 10.0. The van der Waals surface area contributed by atoms with Gasteiger partial charge in [0.2, 0.25) is 0 Å². The van der Waals surface area contributed by atoms with Gasteiger partial charge in [-0.1, -0.05) is 48.6 Å². The lowest BCUT2D eigenvalue weighted by molar-refractivity contribution is 0.414. The van der Waals surface area contributed by atoms with Gasteiger partial charge in [-0.15, -0.1) is 11.8 Å². The second-order valence-electron chi connectivity index (χ2n) is 5.39. The van der Waals surface area contributed by atoms with Crippen molar-refractivity contribution in [3.8, 4) is 0 Å². The Kier molecular flexibility index (Phi) is 2.23. The van der Waals surface area contributed by atoms with Gasteiger partial charge < -0.3 is 0 Å². The Labute approximate surface area is 107 Å². The van der Waals surface area contributed by atoms with Crippen molar-refractivity contribution in [3.63, 3.8) is 0 Å². The first-order valence-corrected chi connectivity index (χ1v) is 7.43. The second-order valence-corrected chi connectivity index (χ2v) is 6.48. The van der Waals surface area contributed by atoms with Gasteiger partial charge in [0, 0.05) is 11.2 Å². The lowest BCUT2D eigenvalue weighted by atomic mass is 9.78. The van der Waals surface area contributed by atoms with Gasteiger partial charge in [0.25, 0.3) is 0 Å². The summed E-state index contributed by atoms with van der Waals surface area (Å²) < 4.78 is 0. The maximum absolute atomic E-state index is 2.47. The summed E-state index contributed by atoms with van der Waals surface area (Å²) >= 11 is 2.06. The Bertz CT molecular complexity index is 474. The molecule has 1 heterocycles. The number of hydrogen-bond acceptors (Lipinski definition) is 1. The van der Waals surface area contributed by atoms with E-state index in [-0.39, 0.29) is 0 Å². The Balaban J connectivity index is 1.74. The molecule has 86 valence electrons. The Hall–Kier alpha value is -0.950. The minimum absolute atomic E-state index is 0.641. The van der Waals surface area contributed by atoms with Crippen LogP contribution in [0.4, 0.5) is 0 Å². The average Bonchev–Trinajstić information content (AvgIpc) is 3.01. The maximum Gasteiger partial charge on any atom is 0.0194 e. The number of rotatable bonds is 1. The molecule has 0 radical (unpaired) electrons. The lowest BCUT2D eigenvalue weighted by Gasteiger charge is -2.35. The molecule has 0 N–H and O–H groups in total. The van der Waals surface area contributed by atoms with Gasteiger partial charge in [-0.3, -0.25) is 0 Å². The van der Waals surface area contributed by atoms with Crippen molar-refractivity contribution in [1.82, 2.24) is 0 Å². The summed E-state index contributed by atoms with van der Waals surface area (Å²) in [5.74, 6) is 3.14. The molecule has 0 amide bonds. The van der Waals surface area contributed by atoms with Crippen molar-refractivity contribution in [1.29, 1.82) is 0 Å². The zero-order valence-corrected chi connectivity index (χ0v) is 10.5. The zero-order valence-electron chi connectivity index (χ0n) is 9.70. The molecule has 2 aliphatic carbocycles. The highest BCUT2D eigenvalue weighted by atomic mass is 32.2. The number of hydrogen-bond donors (Lipinski definition) is 0. The van der Waals surface area contributed by atoms with E-state index in [1.54, 1.807) is 0 Å². The molecule has 0 aromatic heterocycles. The highest BCUT2D eigenvalue weighted by molar-refractivity contribution is 8.02. The van der Waals surface area contributed by atoms with Crippen LogP contribution in [0.1, 0.15) is 17.9 Å². The highest BCUT2D eigenvalue weighted by Crippen LogP contribution is 2.56. The first-order chi connectivity index (χ1) is 8.43. The molecule has 0 nitrogen and oxygen atoms in total. The maximum atomic E-state index is 2.47. The van der Waals surface area contributed by atoms with Crippen LogP contribution < -0.4 is 0 Å². The fourth-order valence-electron chi connectivity index (χ4n) is 3.83. The van der Waals surface area contributed by atoms with Crippen molar-refractivity contribution in [2.45, 2.75) is 17.6 Å². The molecule has 5 atom stereocenters. The second kappa shape index (κ2) is 3.78. The molecule has 1 heteroatoms. The largest absolute Gasteiger partial charge is 0.130 e. The third kappa shape index (κ3) is 1.45. The molecule has 2 bridgehead atoms. The van der Waals surface area contributed by atoms with Crippen LogP contribution in [0.15, 0.2) is 54.0 Å². The molecule has 0 saturated heterocycles. The van der Waals surface area contributed by atoms with Crippen LogP contribution in [-0.2, 0) is 0 Å². The monoisotopic (exact) mass is 240 g/mol. The molecule has 3 aliphatic rings. The van der Waals surface area contributed by atoms with Crippen LogP contribution >= 0.6 is 11.8 Å². The normalized spacial score (nSPS) is 41.8. The highest BCUT2D eigenvalue weighted by Gasteiger charge is 2.48. The fraction of sp³-hybridized carbons (Fsp3) is 0.375. The average molecular weight is 240 g/mol. The molecular formula is C16H16S. The Morgan fingerprint density at radius 2 is 1.76 bits per heavy atom. The third-order valence-corrected chi connectivity index (χ3v) is 5.86. The molecule has 0 spiro atoms. The van der Waals surface area contributed by atoms with Gasteiger partial charge in [-0.05, 0) is 35.1 Å². The molecule has 4 rings (SSSR count). The van der Waals surface area contributed by atoms with Crippen LogP contribution in [0.25, 0.3) is 0 Å². The minimum Gasteiger partial charge on any atom is -0.130 e. The first-order valence-electron chi connectivity index (χ1n) is 6.49. The SMILES string of the molecule is C1=C[C@@H](c2ccccc2)[C@H]2[C@@H](S1)[C@@H]1C=C[C@H]2C1. The van der Waals surface area contributed by atoms with Gasteiger partial charge in [0.1, 0.15) is 0 Å². The van der Waals surface area contributed by atoms with Crippen molar-refractivity contribution in [2.75, 3.05) is 0 Å². The quantitative estimate of drug-likeness (QED) is 0.662. The summed E-state index contributed by atoms with van der Waals surface area (Å²) in [7, 11) is 0. The molecular weight excluding hydrogens is 224 g/mol. The van der Waals surface area contributed by atoms with Crippen molar-refractivity contribution in [2.24, 2.45) is 17.8 Å². The standard InChI is InChI=1S/C16H16S/c1-2-4-11(5-3-1)14-8-9-17-16-13-7-6-12(10-13)15(14)16/h1-9,12-16H,10H2/t12-,13+,14-,15-,16-/m0/s1. The number of fused-ring (bicyclic) bond motifs is 5. The lowest BCUT2D eigenvalue weighted by Crippen LogP contribution is -2.29. The number of thioether (sulfide) groups is 1. The van der Waals surface area contributed by atoms with Gasteiger partial charge in [0.15, 0.2) is 0 Å². The Morgan fingerprint density at radius 1 is 0.941 bits per heavy atom. The smallest absolute Gasteiger partial charge is 0.0194 e. The predicted molar refractivity (Wildman–Crippen MR) is 73.9 cm³/mol. The fourth-order valence-corrected chi connectivity index (χ4v) is 5.23. The van der Waals surface area contributed by atoms with E-state index in [9.17, 15) is 0 Å². The van der Waals surface area contributed by atoms with Crippen LogP contribution in [0.3, 0.4) is 0 Å². The van der Waals surface area contributed by atoms with Crippen molar-refractivity contribution >= 4 is 11.8 Å². The summed E-state index contributed by atoms with van der Waals surface area (Å²) in [6, 6.07) is 11.0. The number of allylic oxidation sites excluding steroid dienone is 3. The molecule has 1 fully saturated rings. The molecule has 1 aromatic carbocycles. The summed E-state index contributed by atoms with van der Waals surface area (Å²) in [6.07, 6.45) is 8.75. The van der Waals surface area contributed by atoms with Gasteiger partial charge in [-0.25, -0.2) is 0 Å². The molecule has 0 unspecified atom stereocenters. The molecule has 1 saturated carbocycles. The van der Waals surface area contributed by atoms with Crippen LogP contribution in [0.5, 0.6) is 0 Å². The van der Waals surface area contributed by atoms with E-state index in [1.807, 2.05) is 0 Å². The molecule has 17 heavy (non-hydrogen) atoms. The van der Waals surface area contributed by atoms with E-state index >= 15 is 0 Å². The van der Waals surface area contributed by atoms with Gasteiger partial charge in [0.05, 0.1) is 0 Å². The van der Waals surface area contributed by atoms with Crippen LogP contribution in [0.2, 0.25) is 0 Å². The van der Waals surface area contributed by atoms with Crippen LogP contribution in [-0.4, -0.2) is 5.25 Å². The van der Waals surface area contributed by atoms with Gasteiger partial charge in [-0.2, -0.15) is 0 Å². The van der Waals surface area contributed by atoms with E-state index in [1.165, 1.54) is 12.0 Å². The third-order valence-electron chi connectivity index (χ3n) is 4.57. The zero-order chi connectivity index (χ0) is 11.2. The van der Waals surface area contributed by atoms with E-state index < -0.39 is 0 Å². The van der Waals surface area contributed by atoms with Crippen LogP contribution in [0, 0.1) is 17.8 Å². The summed E-state index contributed by atoms with van der Waals surface area (Å²) in [5.41, 5.74) is 1.50. The molecule has 1 aliphatic heterocycles. The predicted octanol–water partition coefficient (Wildman–Crippen LogP) is 4.22. The van der Waals surface area contributed by atoms with Crippen molar-refractivity contribution in [3.05, 3.63) is 59.5 Å².